The number of nitrogens with one attached hydrogen (secondary N) is 1. The van der Waals surface area contributed by atoms with Crippen LogP contribution in [0.5, 0.6) is 0 Å². The van der Waals surface area contributed by atoms with Crippen molar-refractivity contribution in [2.75, 3.05) is 19.7 Å². The third-order valence-electron chi connectivity index (χ3n) is 5.56. The zero-order valence-corrected chi connectivity index (χ0v) is 12.4. The molecule has 0 aromatic heterocycles. The molecule has 1 aliphatic heterocycles. The van der Waals surface area contributed by atoms with E-state index in [0.29, 0.717) is 18.6 Å². The Bertz CT molecular complexity index is 288. The van der Waals surface area contributed by atoms with Gasteiger partial charge in [0.2, 0.25) is 0 Å². The van der Waals surface area contributed by atoms with Crippen LogP contribution in [0.3, 0.4) is 0 Å². The second-order valence-electron chi connectivity index (χ2n) is 7.14. The monoisotopic (exact) mass is 266 g/mol. The van der Waals surface area contributed by atoms with Gasteiger partial charge in [-0.2, -0.15) is 0 Å². The molecule has 3 heteroatoms. The number of nitrogens with zero attached hydrogens (tertiary/aromatic N) is 1. The van der Waals surface area contributed by atoms with Crippen LogP contribution in [0, 0.1) is 11.8 Å². The molecule has 0 spiro atoms. The molecule has 2 aliphatic carbocycles. The average Bonchev–Trinajstić information content (AvgIpc) is 3.10. The van der Waals surface area contributed by atoms with E-state index in [2.05, 4.69) is 17.1 Å². The van der Waals surface area contributed by atoms with E-state index in [1.807, 2.05) is 0 Å². The van der Waals surface area contributed by atoms with Gasteiger partial charge in [0.25, 0.3) is 0 Å². The Morgan fingerprint density at radius 3 is 2.53 bits per heavy atom. The van der Waals surface area contributed by atoms with Crippen LogP contribution >= 0.6 is 0 Å². The summed E-state index contributed by atoms with van der Waals surface area (Å²) >= 11 is 0. The van der Waals surface area contributed by atoms with Gasteiger partial charge in [-0.15, -0.1) is 0 Å². The van der Waals surface area contributed by atoms with Crippen LogP contribution in [0.4, 0.5) is 0 Å². The predicted octanol–water partition coefficient (Wildman–Crippen LogP) is 2.00. The minimum Gasteiger partial charge on any atom is -0.396 e. The van der Waals surface area contributed by atoms with Crippen molar-refractivity contribution in [3.8, 4) is 0 Å². The lowest BCUT2D eigenvalue weighted by Crippen LogP contribution is -2.54. The smallest absolute Gasteiger partial charge is 0.0434 e. The Morgan fingerprint density at radius 2 is 1.95 bits per heavy atom. The van der Waals surface area contributed by atoms with Gasteiger partial charge in [0, 0.05) is 37.8 Å². The second kappa shape index (κ2) is 6.11. The Morgan fingerprint density at radius 1 is 1.16 bits per heavy atom. The van der Waals surface area contributed by atoms with Crippen LogP contribution in [0.1, 0.15) is 51.9 Å². The summed E-state index contributed by atoms with van der Waals surface area (Å²) < 4.78 is 0. The highest BCUT2D eigenvalue weighted by Gasteiger charge is 2.36. The molecule has 3 unspecified atom stereocenters. The summed E-state index contributed by atoms with van der Waals surface area (Å²) in [5.74, 6) is 1.63. The van der Waals surface area contributed by atoms with Gasteiger partial charge in [0.15, 0.2) is 0 Å². The van der Waals surface area contributed by atoms with Gasteiger partial charge in [-0.3, -0.25) is 4.90 Å². The highest BCUT2D eigenvalue weighted by molar-refractivity contribution is 4.93. The number of hydrogen-bond donors (Lipinski definition) is 2. The Balaban J connectivity index is 1.57. The lowest BCUT2D eigenvalue weighted by Gasteiger charge is -2.45. The van der Waals surface area contributed by atoms with Crippen molar-refractivity contribution in [2.45, 2.75) is 70.0 Å². The lowest BCUT2D eigenvalue weighted by molar-refractivity contribution is 0.0446. The molecule has 110 valence electrons. The molecule has 3 fully saturated rings. The van der Waals surface area contributed by atoms with E-state index in [1.165, 1.54) is 51.6 Å². The predicted molar refractivity (Wildman–Crippen MR) is 78.1 cm³/mol. The van der Waals surface area contributed by atoms with Crippen LogP contribution in [0.15, 0.2) is 0 Å². The minimum absolute atomic E-state index is 0.354. The summed E-state index contributed by atoms with van der Waals surface area (Å²) in [5, 5.41) is 13.1. The summed E-state index contributed by atoms with van der Waals surface area (Å²) in [5.41, 5.74) is 0. The van der Waals surface area contributed by atoms with Crippen LogP contribution in [0.2, 0.25) is 0 Å². The van der Waals surface area contributed by atoms with Crippen molar-refractivity contribution in [1.82, 2.24) is 10.2 Å². The van der Waals surface area contributed by atoms with E-state index >= 15 is 0 Å². The van der Waals surface area contributed by atoms with Crippen molar-refractivity contribution >= 4 is 0 Å². The van der Waals surface area contributed by atoms with Crippen molar-refractivity contribution in [2.24, 2.45) is 11.8 Å². The first-order valence-corrected chi connectivity index (χ1v) is 8.37. The summed E-state index contributed by atoms with van der Waals surface area (Å²) in [4.78, 5) is 2.72. The zero-order chi connectivity index (χ0) is 13.2. The fourth-order valence-electron chi connectivity index (χ4n) is 3.89. The molecule has 1 heterocycles. The minimum atomic E-state index is 0.354. The highest BCUT2D eigenvalue weighted by Crippen LogP contribution is 2.34. The van der Waals surface area contributed by atoms with E-state index in [1.54, 1.807) is 0 Å². The normalized spacial score (nSPS) is 35.1. The molecule has 0 radical (unpaired) electrons. The molecule has 1 saturated heterocycles. The molecule has 0 aromatic rings. The molecule has 3 rings (SSSR count). The summed E-state index contributed by atoms with van der Waals surface area (Å²) in [7, 11) is 0. The summed E-state index contributed by atoms with van der Waals surface area (Å²) in [6, 6.07) is 2.22. The average molecular weight is 266 g/mol. The summed E-state index contributed by atoms with van der Waals surface area (Å²) in [6.45, 7) is 5.23. The van der Waals surface area contributed by atoms with Crippen LogP contribution in [0.25, 0.3) is 0 Å². The van der Waals surface area contributed by atoms with Crippen LogP contribution < -0.4 is 5.32 Å². The molecule has 2 N–H and O–H groups in total. The number of piperidine rings is 1. The van der Waals surface area contributed by atoms with Gasteiger partial charge in [0.1, 0.15) is 0 Å². The number of likely N-dealkylation sites (tertiary alicyclic amines) is 1. The highest BCUT2D eigenvalue weighted by atomic mass is 16.3. The van der Waals surface area contributed by atoms with Crippen LogP contribution in [-0.2, 0) is 0 Å². The molecule has 0 aromatic carbocycles. The first kappa shape index (κ1) is 13.8. The van der Waals surface area contributed by atoms with Gasteiger partial charge < -0.3 is 10.4 Å². The van der Waals surface area contributed by atoms with E-state index < -0.39 is 0 Å². The molecule has 3 nitrogen and oxygen atoms in total. The first-order valence-electron chi connectivity index (χ1n) is 8.37. The topological polar surface area (TPSA) is 35.5 Å². The first-order chi connectivity index (χ1) is 9.26. The zero-order valence-electron chi connectivity index (χ0n) is 12.4. The maximum Gasteiger partial charge on any atom is 0.0434 e. The second-order valence-corrected chi connectivity index (χ2v) is 7.14. The van der Waals surface area contributed by atoms with Gasteiger partial charge in [-0.25, -0.2) is 0 Å². The van der Waals surface area contributed by atoms with E-state index in [4.69, 9.17) is 0 Å². The van der Waals surface area contributed by atoms with E-state index in [-0.39, 0.29) is 0 Å². The molecular weight excluding hydrogens is 236 g/mol. The fourth-order valence-corrected chi connectivity index (χ4v) is 3.89. The fraction of sp³-hybridized carbons (Fsp3) is 1.00. The number of rotatable bonds is 6. The Kier molecular flexibility index (Phi) is 4.45. The molecular formula is C16H30N2O. The Labute approximate surface area is 117 Å². The van der Waals surface area contributed by atoms with Gasteiger partial charge in [-0.1, -0.05) is 6.42 Å². The Hall–Kier alpha value is -0.120. The number of aliphatic hydroxyl groups is 1. The van der Waals surface area contributed by atoms with Gasteiger partial charge in [0.05, 0.1) is 0 Å². The SMILES string of the molecule is CC(C1CCC1)N1CC(CCO)CC(NC2CC2)C1. The van der Waals surface area contributed by atoms with Crippen molar-refractivity contribution in [1.29, 1.82) is 0 Å². The third-order valence-corrected chi connectivity index (χ3v) is 5.56. The molecule has 19 heavy (non-hydrogen) atoms. The molecule has 2 saturated carbocycles. The van der Waals surface area contributed by atoms with E-state index in [9.17, 15) is 5.11 Å². The van der Waals surface area contributed by atoms with Crippen LogP contribution in [-0.4, -0.2) is 47.8 Å². The van der Waals surface area contributed by atoms with Crippen molar-refractivity contribution in [3.63, 3.8) is 0 Å². The van der Waals surface area contributed by atoms with Crippen molar-refractivity contribution in [3.05, 3.63) is 0 Å². The lowest BCUT2D eigenvalue weighted by atomic mass is 9.78. The molecule has 3 aliphatic rings. The molecule has 3 atom stereocenters. The standard InChI is InChI=1S/C16H30N2O/c1-12(14-3-2-4-14)18-10-13(7-8-19)9-16(11-18)17-15-5-6-15/h12-17,19H,2-11H2,1H3. The molecule has 0 amide bonds. The third kappa shape index (κ3) is 3.50. The molecule has 0 bridgehead atoms. The maximum absolute atomic E-state index is 9.25. The van der Waals surface area contributed by atoms with Gasteiger partial charge >= 0.3 is 0 Å². The number of hydrogen-bond acceptors (Lipinski definition) is 3. The van der Waals surface area contributed by atoms with Crippen molar-refractivity contribution < 1.29 is 5.11 Å². The summed E-state index contributed by atoms with van der Waals surface area (Å²) in [6.07, 6.45) is 9.30. The maximum atomic E-state index is 9.25. The van der Waals surface area contributed by atoms with Gasteiger partial charge in [-0.05, 0) is 57.3 Å². The number of aliphatic hydroxyl groups excluding tert-OH is 1. The quantitative estimate of drug-likeness (QED) is 0.772. The van der Waals surface area contributed by atoms with E-state index in [0.717, 1.165) is 24.4 Å². The largest absolute Gasteiger partial charge is 0.396 e.